The predicted molar refractivity (Wildman–Crippen MR) is 124 cm³/mol. The van der Waals surface area contributed by atoms with E-state index in [1.807, 2.05) is 60.7 Å². The zero-order valence-corrected chi connectivity index (χ0v) is 16.9. The average Bonchev–Trinajstić information content (AvgIpc) is 2.83. The van der Waals surface area contributed by atoms with Crippen LogP contribution in [0.2, 0.25) is 0 Å². The number of hydrogen-bond donors (Lipinski definition) is 0. The minimum absolute atomic E-state index is 0.0710. The molecule has 0 aliphatic heterocycles. The second-order valence-corrected chi connectivity index (χ2v) is 7.03. The van der Waals surface area contributed by atoms with Crippen molar-refractivity contribution in [3.8, 4) is 0 Å². The summed E-state index contributed by atoms with van der Waals surface area (Å²) in [5.74, 6) is 0. The Bertz CT molecular complexity index is 1210. The molecule has 0 aromatic heterocycles. The Labute approximate surface area is 184 Å². The van der Waals surface area contributed by atoms with Crippen LogP contribution in [0.3, 0.4) is 0 Å². The smallest absolute Gasteiger partial charge is 0.258 e. The topological polar surface area (TPSA) is 86.3 Å². The molecule has 0 atom stereocenters. The molecule has 0 heterocycles. The van der Waals surface area contributed by atoms with Gasteiger partial charge >= 0.3 is 0 Å². The molecule has 0 amide bonds. The van der Waals surface area contributed by atoms with Crippen molar-refractivity contribution >= 4 is 22.5 Å². The minimum Gasteiger partial charge on any atom is -0.258 e. The molecule has 0 saturated carbocycles. The summed E-state index contributed by atoms with van der Waals surface area (Å²) in [5, 5.41) is 23.8. The van der Waals surface area contributed by atoms with Gasteiger partial charge in [0, 0.05) is 23.3 Å². The van der Waals surface area contributed by atoms with Crippen LogP contribution < -0.4 is 0 Å². The van der Waals surface area contributed by atoms with Gasteiger partial charge in [0.1, 0.15) is 0 Å². The molecule has 6 heteroatoms. The summed E-state index contributed by atoms with van der Waals surface area (Å²) in [6.45, 7) is 0. The lowest BCUT2D eigenvalue weighted by molar-refractivity contribution is -0.385. The van der Waals surface area contributed by atoms with Gasteiger partial charge in [-0.2, -0.15) is 0 Å². The first-order valence-electron chi connectivity index (χ1n) is 9.90. The molecule has 0 fully saturated rings. The van der Waals surface area contributed by atoms with E-state index in [4.69, 9.17) is 0 Å². The molecule has 0 bridgehead atoms. The van der Waals surface area contributed by atoms with E-state index in [1.54, 1.807) is 36.4 Å². The normalized spacial score (nSPS) is 11.5. The van der Waals surface area contributed by atoms with Crippen molar-refractivity contribution < 1.29 is 9.85 Å². The molecule has 0 radical (unpaired) electrons. The highest BCUT2D eigenvalue weighted by Gasteiger charge is 2.26. The van der Waals surface area contributed by atoms with Crippen LogP contribution >= 0.6 is 0 Å². The van der Waals surface area contributed by atoms with E-state index < -0.39 is 9.85 Å². The van der Waals surface area contributed by atoms with Crippen LogP contribution in [-0.4, -0.2) is 9.85 Å². The van der Waals surface area contributed by atoms with Gasteiger partial charge in [-0.1, -0.05) is 84.9 Å². The molecule has 32 heavy (non-hydrogen) atoms. The van der Waals surface area contributed by atoms with Gasteiger partial charge in [-0.05, 0) is 23.3 Å². The standard InChI is InChI=1S/C26H18N2O4/c29-27(30)23-17-9-7-15-21(23)25(19-11-3-1-4-12-19)26(20-13-5-2-6-14-20)22-16-8-10-18-24(22)28(31)32/h1-18H. The summed E-state index contributed by atoms with van der Waals surface area (Å²) < 4.78 is 0. The Hall–Kier alpha value is -4.58. The number of nitrogens with zero attached hydrogens (tertiary/aromatic N) is 2. The molecule has 4 rings (SSSR count). The Morgan fingerprint density at radius 1 is 0.469 bits per heavy atom. The number of para-hydroxylation sites is 2. The Morgan fingerprint density at radius 2 is 0.781 bits per heavy atom. The molecule has 6 nitrogen and oxygen atoms in total. The highest BCUT2D eigenvalue weighted by atomic mass is 16.6. The third-order valence-electron chi connectivity index (χ3n) is 5.12. The molecular weight excluding hydrogens is 404 g/mol. The third kappa shape index (κ3) is 4.02. The maximum Gasteiger partial charge on any atom is 0.277 e. The molecule has 0 aliphatic carbocycles. The largest absolute Gasteiger partial charge is 0.277 e. The fourth-order valence-corrected chi connectivity index (χ4v) is 3.77. The summed E-state index contributed by atoms with van der Waals surface area (Å²) >= 11 is 0. The first kappa shape index (κ1) is 20.7. The molecule has 0 unspecified atom stereocenters. The molecular formula is C26H18N2O4. The monoisotopic (exact) mass is 422 g/mol. The number of benzene rings is 4. The van der Waals surface area contributed by atoms with Gasteiger partial charge in [0.2, 0.25) is 0 Å². The van der Waals surface area contributed by atoms with E-state index in [0.29, 0.717) is 22.3 Å². The summed E-state index contributed by atoms with van der Waals surface area (Å²) in [5.41, 5.74) is 3.19. The molecule has 0 spiro atoms. The van der Waals surface area contributed by atoms with Gasteiger partial charge < -0.3 is 0 Å². The molecule has 0 aliphatic rings. The van der Waals surface area contributed by atoms with Crippen molar-refractivity contribution in [3.05, 3.63) is 152 Å². The van der Waals surface area contributed by atoms with Gasteiger partial charge in [0.05, 0.1) is 21.0 Å². The summed E-state index contributed by atoms with van der Waals surface area (Å²) in [6.07, 6.45) is 0. The van der Waals surface area contributed by atoms with Crippen molar-refractivity contribution in [1.29, 1.82) is 0 Å². The van der Waals surface area contributed by atoms with Crippen molar-refractivity contribution in [2.24, 2.45) is 0 Å². The molecule has 4 aromatic rings. The maximum atomic E-state index is 11.9. The summed E-state index contributed by atoms with van der Waals surface area (Å²) in [7, 11) is 0. The van der Waals surface area contributed by atoms with Gasteiger partial charge in [0.15, 0.2) is 0 Å². The average molecular weight is 422 g/mol. The van der Waals surface area contributed by atoms with Crippen LogP contribution in [0.25, 0.3) is 11.1 Å². The van der Waals surface area contributed by atoms with Crippen molar-refractivity contribution in [1.82, 2.24) is 0 Å². The van der Waals surface area contributed by atoms with E-state index in [1.165, 1.54) is 12.1 Å². The molecule has 156 valence electrons. The van der Waals surface area contributed by atoms with E-state index >= 15 is 0 Å². The SMILES string of the molecule is O=[N+]([O-])c1ccccc1C(=C(c1ccccc1)c1ccccc1[N+](=O)[O-])c1ccccc1. The Kier molecular flexibility index (Phi) is 5.85. The first-order chi connectivity index (χ1) is 15.6. The maximum absolute atomic E-state index is 11.9. The van der Waals surface area contributed by atoms with Gasteiger partial charge in [-0.25, -0.2) is 0 Å². The number of nitro groups is 2. The van der Waals surface area contributed by atoms with Crippen LogP contribution in [0.5, 0.6) is 0 Å². The Morgan fingerprint density at radius 3 is 1.12 bits per heavy atom. The van der Waals surface area contributed by atoms with Crippen LogP contribution in [0, 0.1) is 20.2 Å². The highest BCUT2D eigenvalue weighted by Crippen LogP contribution is 2.42. The Balaban J connectivity index is 2.22. The van der Waals surface area contributed by atoms with E-state index in [0.717, 1.165) is 11.1 Å². The number of hydrogen-bond acceptors (Lipinski definition) is 4. The molecule has 0 N–H and O–H groups in total. The van der Waals surface area contributed by atoms with Gasteiger partial charge in [-0.3, -0.25) is 20.2 Å². The minimum atomic E-state index is -0.430. The second-order valence-electron chi connectivity index (χ2n) is 7.03. The number of rotatable bonds is 6. The second kappa shape index (κ2) is 9.06. The number of nitro benzene ring substituents is 2. The lowest BCUT2D eigenvalue weighted by atomic mass is 9.84. The fraction of sp³-hybridized carbons (Fsp3) is 0. The lowest BCUT2D eigenvalue weighted by Gasteiger charge is -2.18. The van der Waals surface area contributed by atoms with E-state index in [9.17, 15) is 20.2 Å². The van der Waals surface area contributed by atoms with Crippen molar-refractivity contribution in [2.45, 2.75) is 0 Å². The first-order valence-corrected chi connectivity index (χ1v) is 9.90. The predicted octanol–water partition coefficient (Wildman–Crippen LogP) is 6.51. The zero-order valence-electron chi connectivity index (χ0n) is 16.9. The van der Waals surface area contributed by atoms with Crippen molar-refractivity contribution in [2.75, 3.05) is 0 Å². The zero-order chi connectivity index (χ0) is 22.5. The van der Waals surface area contributed by atoms with Crippen LogP contribution in [-0.2, 0) is 0 Å². The van der Waals surface area contributed by atoms with E-state index in [-0.39, 0.29) is 11.4 Å². The van der Waals surface area contributed by atoms with Crippen LogP contribution in [0.15, 0.2) is 109 Å². The quantitative estimate of drug-likeness (QED) is 0.201. The fourth-order valence-electron chi connectivity index (χ4n) is 3.77. The lowest BCUT2D eigenvalue weighted by Crippen LogP contribution is -2.03. The molecule has 0 saturated heterocycles. The van der Waals surface area contributed by atoms with Crippen LogP contribution in [0.4, 0.5) is 11.4 Å². The molecule has 4 aromatic carbocycles. The summed E-state index contributed by atoms with van der Waals surface area (Å²) in [6, 6.07) is 31.4. The third-order valence-corrected chi connectivity index (χ3v) is 5.12. The van der Waals surface area contributed by atoms with E-state index in [2.05, 4.69) is 0 Å². The van der Waals surface area contributed by atoms with Crippen LogP contribution in [0.1, 0.15) is 22.3 Å². The highest BCUT2D eigenvalue weighted by molar-refractivity contribution is 6.07. The van der Waals surface area contributed by atoms with Gasteiger partial charge in [0.25, 0.3) is 11.4 Å². The summed E-state index contributed by atoms with van der Waals surface area (Å²) in [4.78, 5) is 22.9. The van der Waals surface area contributed by atoms with Crippen molar-refractivity contribution in [3.63, 3.8) is 0 Å². The van der Waals surface area contributed by atoms with Gasteiger partial charge in [-0.15, -0.1) is 0 Å².